The molecule has 1 aromatic heterocycles. The Morgan fingerprint density at radius 1 is 0.828 bits per heavy atom. The quantitative estimate of drug-likeness (QED) is 0.0209. The first kappa shape index (κ1) is 47.7. The minimum absolute atomic E-state index is 0.0133. The predicted molar refractivity (Wildman–Crippen MR) is 243 cm³/mol. The van der Waals surface area contributed by atoms with Crippen LogP contribution in [0.25, 0.3) is 0 Å². The van der Waals surface area contributed by atoms with Crippen LogP contribution in [0.15, 0.2) is 106 Å². The molecule has 0 aliphatic heterocycles. The number of nitrogens with zero attached hydrogens (tertiary/aromatic N) is 3. The fraction of sp³-hybridized carbons (Fsp3) is 0.372. The van der Waals surface area contributed by atoms with Crippen molar-refractivity contribution >= 4 is 73.6 Å². The molecule has 58 heavy (non-hydrogen) atoms. The van der Waals surface area contributed by atoms with Crippen LogP contribution in [0, 0.1) is 11.8 Å². The molecule has 0 atom stereocenters. The molecule has 15 heteroatoms. The van der Waals surface area contributed by atoms with E-state index in [1.807, 2.05) is 87.7 Å². The number of pyridine rings is 1. The summed E-state index contributed by atoms with van der Waals surface area (Å²) in [6, 6.07) is 13.3. The Bertz CT molecular complexity index is 1890. The van der Waals surface area contributed by atoms with Crippen molar-refractivity contribution in [2.24, 2.45) is 0 Å². The van der Waals surface area contributed by atoms with Gasteiger partial charge in [-0.15, -0.1) is 0 Å². The van der Waals surface area contributed by atoms with E-state index < -0.39 is 11.9 Å². The normalized spacial score (nSPS) is 12.6. The second-order valence-electron chi connectivity index (χ2n) is 13.2. The molecule has 12 nitrogen and oxygen atoms in total. The number of hydrogen-bond acceptors (Lipinski definition) is 9. The highest BCUT2D eigenvalue weighted by atomic mass is 127. The Balaban J connectivity index is 1.23. The number of allylic oxidation sites excluding steroid dienone is 8. The fourth-order valence-electron chi connectivity index (χ4n) is 5.58. The summed E-state index contributed by atoms with van der Waals surface area (Å²) in [6.07, 6.45) is 17.9. The Hall–Kier alpha value is -4.66. The van der Waals surface area contributed by atoms with Gasteiger partial charge in [-0.1, -0.05) is 68.3 Å². The van der Waals surface area contributed by atoms with Gasteiger partial charge in [0.1, 0.15) is 19.6 Å². The maximum atomic E-state index is 12.4. The molecule has 5 N–H and O–H groups in total. The second kappa shape index (κ2) is 27.9. The molecule has 0 fully saturated rings. The van der Waals surface area contributed by atoms with Crippen molar-refractivity contribution in [3.05, 3.63) is 117 Å². The van der Waals surface area contributed by atoms with E-state index in [4.69, 9.17) is 10.2 Å². The molecule has 0 spiro atoms. The van der Waals surface area contributed by atoms with Crippen LogP contribution in [-0.4, -0.2) is 97.2 Å². The first-order chi connectivity index (χ1) is 28.0. The van der Waals surface area contributed by atoms with E-state index in [0.717, 1.165) is 58.3 Å². The summed E-state index contributed by atoms with van der Waals surface area (Å²) < 4.78 is 3.97. The fourth-order valence-corrected chi connectivity index (χ4v) is 7.60. The summed E-state index contributed by atoms with van der Waals surface area (Å²) in [5.41, 5.74) is 5.60. The summed E-state index contributed by atoms with van der Waals surface area (Å²) in [5, 5.41) is 27.4. The van der Waals surface area contributed by atoms with Gasteiger partial charge in [0.2, 0.25) is 11.8 Å². The van der Waals surface area contributed by atoms with Gasteiger partial charge in [-0.25, -0.2) is 0 Å². The average Bonchev–Trinajstić information content (AvgIpc) is 3.20. The van der Waals surface area contributed by atoms with Crippen LogP contribution in [0.5, 0.6) is 0 Å². The van der Waals surface area contributed by atoms with Crippen LogP contribution in [0.2, 0.25) is 0 Å². The van der Waals surface area contributed by atoms with Gasteiger partial charge in [-0.3, -0.25) is 19.2 Å². The van der Waals surface area contributed by atoms with Gasteiger partial charge in [0, 0.05) is 105 Å². The van der Waals surface area contributed by atoms with Gasteiger partial charge < -0.3 is 36.0 Å². The van der Waals surface area contributed by atoms with Gasteiger partial charge in [-0.05, 0) is 77.5 Å². The molecule has 0 radical (unpaired) electrons. The minimum atomic E-state index is -0.887. The number of carbonyl (C=O) groups excluding carboxylic acids is 2. The smallest absolute Gasteiger partial charge is 0.323 e. The van der Waals surface area contributed by atoms with Crippen LogP contribution < -0.4 is 25.4 Å². The third-order valence-electron chi connectivity index (χ3n) is 8.61. The van der Waals surface area contributed by atoms with Crippen LogP contribution in [0.1, 0.15) is 49.8 Å². The lowest BCUT2D eigenvalue weighted by Gasteiger charge is -2.23. The summed E-state index contributed by atoms with van der Waals surface area (Å²) in [6.45, 7) is 2.40. The predicted octanol–water partition coefficient (Wildman–Crippen LogP) is 5.67. The number of likely N-dealkylation sites (N-methyl/N-ethyl adjacent to an activating group) is 2. The Kier molecular flexibility index (Phi) is 22.9. The molecule has 2 amide bonds. The van der Waals surface area contributed by atoms with E-state index >= 15 is 0 Å². The molecular weight excluding hydrogens is 888 g/mol. The Labute approximate surface area is 363 Å². The third-order valence-corrected chi connectivity index (χ3v) is 11.4. The molecule has 1 heterocycles. The maximum Gasteiger partial charge on any atom is 0.323 e. The lowest BCUT2D eigenvalue weighted by atomic mass is 10.0. The highest BCUT2D eigenvalue weighted by Gasteiger charge is 2.12. The second-order valence-corrected chi connectivity index (χ2v) is 16.6. The largest absolute Gasteiger partial charge is 0.480 e. The summed E-state index contributed by atoms with van der Waals surface area (Å²) >= 11 is 2.17. The number of nitrogens with one attached hydrogen (secondary N) is 3. The standard InChI is InChI=1S/C43H53IN6O6S2/c1-48(32-42(53)54)37-19-13-34(14-20-37)12-18-36(8-5-24-44)45-25-6-10-40(51)46-26-30-57-58-31-27-47-41(52)11-7-29-50-28-4-3-9-39(50)23-17-35-15-21-38(22-16-35)49(2)33-43(55)56/h3-5,8-9,12-13,15-16,18-19,21-22,24,28,45H,6-7,10-11,14,20,25-27,29-33H2,1-2H3,(H3-,46,47,51,52,53,54,55,56)/p+1/b18-12+,24-5-,36-8-. The highest BCUT2D eigenvalue weighted by Crippen LogP contribution is 2.22. The minimum Gasteiger partial charge on any atom is -0.480 e. The van der Waals surface area contributed by atoms with Crippen molar-refractivity contribution in [3.8, 4) is 11.8 Å². The molecule has 1 aliphatic rings. The van der Waals surface area contributed by atoms with Gasteiger partial charge in [0.25, 0.3) is 5.69 Å². The molecule has 1 aromatic carbocycles. The van der Waals surface area contributed by atoms with E-state index in [1.165, 1.54) is 0 Å². The van der Waals surface area contributed by atoms with Crippen LogP contribution in [-0.2, 0) is 25.7 Å². The van der Waals surface area contributed by atoms with Crippen LogP contribution in [0.3, 0.4) is 0 Å². The van der Waals surface area contributed by atoms with Crippen molar-refractivity contribution in [2.45, 2.75) is 45.1 Å². The number of aromatic nitrogens is 1. The van der Waals surface area contributed by atoms with Gasteiger partial charge in [-0.2, -0.15) is 4.57 Å². The third kappa shape index (κ3) is 20.2. The lowest BCUT2D eigenvalue weighted by Crippen LogP contribution is -2.37. The SMILES string of the molecule is CN(CC(=O)O)C1=CC=C(/C=C/C(=C/C=C\I)NCCCC(=O)NCCSSCCNC(=O)CCC[n+]2ccccc2C#Cc2ccc(N(C)CC(=O)O)cc2)CC1. The lowest BCUT2D eigenvalue weighted by molar-refractivity contribution is -0.699. The van der Waals surface area contributed by atoms with E-state index in [2.05, 4.69) is 56.5 Å². The summed E-state index contributed by atoms with van der Waals surface area (Å²) in [5.74, 6) is 6.24. The summed E-state index contributed by atoms with van der Waals surface area (Å²) in [7, 11) is 6.87. The van der Waals surface area contributed by atoms with Crippen molar-refractivity contribution in [1.82, 2.24) is 20.9 Å². The summed E-state index contributed by atoms with van der Waals surface area (Å²) in [4.78, 5) is 50.2. The number of carbonyl (C=O) groups is 4. The zero-order chi connectivity index (χ0) is 42.0. The average molecular weight is 942 g/mol. The topological polar surface area (TPSA) is 155 Å². The van der Waals surface area contributed by atoms with E-state index in [-0.39, 0.29) is 24.9 Å². The maximum absolute atomic E-state index is 12.4. The van der Waals surface area contributed by atoms with Gasteiger partial charge in [0.05, 0.1) is 0 Å². The number of carboxylic acids is 2. The zero-order valence-corrected chi connectivity index (χ0v) is 36.9. The molecule has 0 saturated carbocycles. The van der Waals surface area contributed by atoms with Crippen molar-refractivity contribution in [2.75, 3.05) is 63.2 Å². The number of rotatable bonds is 25. The molecular formula is C43H54IN6O6S2+. The molecule has 310 valence electrons. The zero-order valence-electron chi connectivity index (χ0n) is 33.1. The van der Waals surface area contributed by atoms with Crippen molar-refractivity contribution in [3.63, 3.8) is 0 Å². The van der Waals surface area contributed by atoms with Crippen molar-refractivity contribution < 1.29 is 34.0 Å². The highest BCUT2D eigenvalue weighted by molar-refractivity contribution is 14.1. The van der Waals surface area contributed by atoms with Gasteiger partial charge in [0.15, 0.2) is 6.20 Å². The number of aryl methyl sites for hydroxylation is 1. The van der Waals surface area contributed by atoms with Crippen LogP contribution >= 0.6 is 44.2 Å². The number of halogens is 1. The van der Waals surface area contributed by atoms with E-state index in [1.54, 1.807) is 45.5 Å². The molecule has 3 rings (SSSR count). The first-order valence-electron chi connectivity index (χ1n) is 19.1. The monoisotopic (exact) mass is 941 g/mol. The van der Waals surface area contributed by atoms with E-state index in [0.29, 0.717) is 51.9 Å². The molecule has 0 saturated heterocycles. The van der Waals surface area contributed by atoms with Crippen molar-refractivity contribution in [1.29, 1.82) is 0 Å². The first-order valence-corrected chi connectivity index (χ1v) is 22.8. The molecule has 0 bridgehead atoms. The van der Waals surface area contributed by atoms with Gasteiger partial charge >= 0.3 is 11.9 Å². The number of hydrogen-bond donors (Lipinski definition) is 5. The molecule has 0 unspecified atom stereocenters. The number of amides is 2. The number of benzene rings is 1. The van der Waals surface area contributed by atoms with Crippen LogP contribution in [0.4, 0.5) is 5.69 Å². The Morgan fingerprint density at radius 3 is 2.14 bits per heavy atom. The Morgan fingerprint density at radius 2 is 1.50 bits per heavy atom. The number of aliphatic carboxylic acids is 2. The molecule has 2 aromatic rings. The number of anilines is 1. The van der Waals surface area contributed by atoms with E-state index in [9.17, 15) is 19.2 Å². The number of carboxylic acid groups (broad SMARTS) is 2. The molecule has 1 aliphatic carbocycles.